The maximum absolute atomic E-state index is 3.50. The Labute approximate surface area is 93.4 Å². The smallest absolute Gasteiger partial charge is 0.0107 e. The van der Waals surface area contributed by atoms with Crippen LogP contribution < -0.4 is 5.32 Å². The zero-order valence-electron chi connectivity index (χ0n) is 9.75. The van der Waals surface area contributed by atoms with Gasteiger partial charge in [0, 0.05) is 19.6 Å². The van der Waals surface area contributed by atoms with Gasteiger partial charge in [-0.05, 0) is 62.9 Å². The maximum Gasteiger partial charge on any atom is 0.0107 e. The van der Waals surface area contributed by atoms with Crippen molar-refractivity contribution in [1.29, 1.82) is 0 Å². The molecule has 0 bridgehead atoms. The molecular formula is C13H24N2. The predicted octanol–water partition coefficient (Wildman–Crippen LogP) is 1.72. The lowest BCUT2D eigenvalue weighted by Gasteiger charge is -2.26. The van der Waals surface area contributed by atoms with Crippen molar-refractivity contribution in [3.8, 4) is 0 Å². The van der Waals surface area contributed by atoms with Gasteiger partial charge in [0.25, 0.3) is 0 Å². The molecule has 0 radical (unpaired) electrons. The van der Waals surface area contributed by atoms with Crippen LogP contribution in [-0.4, -0.2) is 37.6 Å². The van der Waals surface area contributed by atoms with E-state index in [0.717, 1.165) is 17.8 Å². The maximum atomic E-state index is 3.50. The summed E-state index contributed by atoms with van der Waals surface area (Å²) in [6, 6.07) is 0. The molecule has 0 amide bonds. The van der Waals surface area contributed by atoms with Crippen LogP contribution >= 0.6 is 0 Å². The Balaban J connectivity index is 1.52. The van der Waals surface area contributed by atoms with Crippen LogP contribution in [0.5, 0.6) is 0 Å². The molecule has 0 unspecified atom stereocenters. The normalized spacial score (nSPS) is 29.4. The summed E-state index contributed by atoms with van der Waals surface area (Å²) >= 11 is 0. The Morgan fingerprint density at radius 2 is 1.73 bits per heavy atom. The Bertz CT molecular complexity index is 189. The number of hydrogen-bond donors (Lipinski definition) is 1. The average molecular weight is 208 g/mol. The van der Waals surface area contributed by atoms with Crippen molar-refractivity contribution in [3.63, 3.8) is 0 Å². The fraction of sp³-hybridized carbons (Fsp3) is 1.00. The highest BCUT2D eigenvalue weighted by Gasteiger charge is 2.41. The minimum atomic E-state index is 1.07. The minimum Gasteiger partial charge on any atom is -0.315 e. The molecule has 1 N–H and O–H groups in total. The van der Waals surface area contributed by atoms with E-state index in [1.54, 1.807) is 0 Å². The Hall–Kier alpha value is -0.0800. The predicted molar refractivity (Wildman–Crippen MR) is 62.9 cm³/mol. The van der Waals surface area contributed by atoms with Gasteiger partial charge in [0.05, 0.1) is 0 Å². The van der Waals surface area contributed by atoms with Gasteiger partial charge in [-0.25, -0.2) is 0 Å². The molecule has 2 nitrogen and oxygen atoms in total. The molecule has 0 aromatic rings. The SMILES string of the molecule is C1CNCCN(CC(C2CC2)C2CC2)C1. The molecule has 2 aliphatic carbocycles. The standard InChI is InChI=1S/C13H24N2/c1-6-14-7-9-15(8-1)10-13(11-2-3-11)12-4-5-12/h11-14H,1-10H2. The summed E-state index contributed by atoms with van der Waals surface area (Å²) in [7, 11) is 0. The van der Waals surface area contributed by atoms with E-state index < -0.39 is 0 Å². The van der Waals surface area contributed by atoms with Crippen LogP contribution in [0.3, 0.4) is 0 Å². The van der Waals surface area contributed by atoms with Crippen LogP contribution in [0.15, 0.2) is 0 Å². The minimum absolute atomic E-state index is 1.07. The second-order valence-corrected chi connectivity index (χ2v) is 5.74. The molecule has 3 aliphatic rings. The van der Waals surface area contributed by atoms with Gasteiger partial charge < -0.3 is 10.2 Å². The van der Waals surface area contributed by atoms with Crippen LogP contribution in [0.2, 0.25) is 0 Å². The highest BCUT2D eigenvalue weighted by molar-refractivity contribution is 4.93. The van der Waals surface area contributed by atoms with E-state index in [0.29, 0.717) is 0 Å². The first-order chi connectivity index (χ1) is 7.43. The molecule has 3 fully saturated rings. The lowest BCUT2D eigenvalue weighted by atomic mass is 9.97. The molecule has 2 saturated carbocycles. The third-order valence-corrected chi connectivity index (χ3v) is 4.36. The molecule has 0 aromatic heterocycles. The van der Waals surface area contributed by atoms with E-state index in [1.165, 1.54) is 64.8 Å². The monoisotopic (exact) mass is 208 g/mol. The molecule has 15 heavy (non-hydrogen) atoms. The zero-order valence-corrected chi connectivity index (χ0v) is 9.75. The summed E-state index contributed by atoms with van der Waals surface area (Å²) in [5.74, 6) is 3.31. The van der Waals surface area contributed by atoms with Gasteiger partial charge in [-0.1, -0.05) is 0 Å². The van der Waals surface area contributed by atoms with Crippen molar-refractivity contribution in [3.05, 3.63) is 0 Å². The third-order valence-electron chi connectivity index (χ3n) is 4.36. The summed E-state index contributed by atoms with van der Waals surface area (Å²) in [4.78, 5) is 2.72. The van der Waals surface area contributed by atoms with Gasteiger partial charge in [-0.2, -0.15) is 0 Å². The molecule has 1 heterocycles. The van der Waals surface area contributed by atoms with Crippen molar-refractivity contribution in [2.45, 2.75) is 32.1 Å². The van der Waals surface area contributed by atoms with Crippen LogP contribution in [0.25, 0.3) is 0 Å². The fourth-order valence-corrected chi connectivity index (χ4v) is 3.11. The molecule has 0 aromatic carbocycles. The van der Waals surface area contributed by atoms with E-state index >= 15 is 0 Å². The largest absolute Gasteiger partial charge is 0.315 e. The van der Waals surface area contributed by atoms with E-state index in [4.69, 9.17) is 0 Å². The van der Waals surface area contributed by atoms with Crippen LogP contribution in [0.4, 0.5) is 0 Å². The van der Waals surface area contributed by atoms with Gasteiger partial charge in [0.2, 0.25) is 0 Å². The van der Waals surface area contributed by atoms with Crippen molar-refractivity contribution in [2.24, 2.45) is 17.8 Å². The molecular weight excluding hydrogens is 184 g/mol. The van der Waals surface area contributed by atoms with Crippen LogP contribution in [0, 0.1) is 17.8 Å². The lowest BCUT2D eigenvalue weighted by Crippen LogP contribution is -2.34. The van der Waals surface area contributed by atoms with Crippen molar-refractivity contribution in [2.75, 3.05) is 32.7 Å². The second kappa shape index (κ2) is 4.42. The topological polar surface area (TPSA) is 15.3 Å². The molecule has 2 heteroatoms. The highest BCUT2D eigenvalue weighted by Crippen LogP contribution is 2.49. The summed E-state index contributed by atoms with van der Waals surface area (Å²) < 4.78 is 0. The third kappa shape index (κ3) is 2.73. The van der Waals surface area contributed by atoms with E-state index in [-0.39, 0.29) is 0 Å². The van der Waals surface area contributed by atoms with Gasteiger partial charge in [-0.3, -0.25) is 0 Å². The van der Waals surface area contributed by atoms with Crippen LogP contribution in [0.1, 0.15) is 32.1 Å². The van der Waals surface area contributed by atoms with E-state index in [9.17, 15) is 0 Å². The number of nitrogens with one attached hydrogen (secondary N) is 1. The fourth-order valence-electron chi connectivity index (χ4n) is 3.11. The molecule has 3 rings (SSSR count). The van der Waals surface area contributed by atoms with Gasteiger partial charge >= 0.3 is 0 Å². The second-order valence-electron chi connectivity index (χ2n) is 5.74. The van der Waals surface area contributed by atoms with Crippen molar-refractivity contribution in [1.82, 2.24) is 10.2 Å². The first-order valence-corrected chi connectivity index (χ1v) is 6.86. The Kier molecular flexibility index (Phi) is 2.98. The summed E-state index contributed by atoms with van der Waals surface area (Å²) in [6.45, 7) is 6.48. The molecule has 0 atom stereocenters. The summed E-state index contributed by atoms with van der Waals surface area (Å²) in [5, 5.41) is 3.50. The van der Waals surface area contributed by atoms with Gasteiger partial charge in [-0.15, -0.1) is 0 Å². The van der Waals surface area contributed by atoms with Crippen LogP contribution in [-0.2, 0) is 0 Å². The molecule has 0 spiro atoms. The summed E-state index contributed by atoms with van der Waals surface area (Å²) in [5.41, 5.74) is 0. The molecule has 1 aliphatic heterocycles. The molecule has 86 valence electrons. The number of rotatable bonds is 4. The van der Waals surface area contributed by atoms with Crippen molar-refractivity contribution < 1.29 is 0 Å². The summed E-state index contributed by atoms with van der Waals surface area (Å²) in [6.07, 6.45) is 7.49. The average Bonchev–Trinajstić information content (AvgIpc) is 3.07. The first kappa shape index (κ1) is 10.1. The van der Waals surface area contributed by atoms with E-state index in [1.807, 2.05) is 0 Å². The van der Waals surface area contributed by atoms with Crippen molar-refractivity contribution >= 4 is 0 Å². The lowest BCUT2D eigenvalue weighted by molar-refractivity contribution is 0.214. The Morgan fingerprint density at radius 3 is 2.40 bits per heavy atom. The number of nitrogens with zero attached hydrogens (tertiary/aromatic N) is 1. The number of hydrogen-bond acceptors (Lipinski definition) is 2. The van der Waals surface area contributed by atoms with E-state index in [2.05, 4.69) is 10.2 Å². The zero-order chi connectivity index (χ0) is 10.1. The van der Waals surface area contributed by atoms with Gasteiger partial charge in [0.1, 0.15) is 0 Å². The highest BCUT2D eigenvalue weighted by atomic mass is 15.2. The molecule has 1 saturated heterocycles. The van der Waals surface area contributed by atoms with Gasteiger partial charge in [0.15, 0.2) is 0 Å². The quantitative estimate of drug-likeness (QED) is 0.757. The first-order valence-electron chi connectivity index (χ1n) is 6.86. The Morgan fingerprint density at radius 1 is 1.00 bits per heavy atom.